The summed E-state index contributed by atoms with van der Waals surface area (Å²) in [4.78, 5) is 16.9. The minimum absolute atomic E-state index is 0.00857. The quantitative estimate of drug-likeness (QED) is 0.694. The predicted octanol–water partition coefficient (Wildman–Crippen LogP) is 3.43. The van der Waals surface area contributed by atoms with Gasteiger partial charge in [-0.15, -0.1) is 11.3 Å². The molecule has 120 valence electrons. The van der Waals surface area contributed by atoms with Crippen molar-refractivity contribution in [3.05, 3.63) is 41.2 Å². The summed E-state index contributed by atoms with van der Waals surface area (Å²) in [6, 6.07) is 8.01. The largest absolute Gasteiger partial charge is 0.351 e. The van der Waals surface area contributed by atoms with Crippen LogP contribution in [0.25, 0.3) is 10.2 Å². The Morgan fingerprint density at radius 3 is 2.87 bits per heavy atom. The second kappa shape index (κ2) is 6.72. The van der Waals surface area contributed by atoms with Gasteiger partial charge < -0.3 is 5.32 Å². The van der Waals surface area contributed by atoms with Crippen molar-refractivity contribution in [3.8, 4) is 0 Å². The van der Waals surface area contributed by atoms with Gasteiger partial charge in [-0.3, -0.25) is 9.89 Å². The fourth-order valence-electron chi connectivity index (χ4n) is 2.26. The molecule has 0 bridgehead atoms. The summed E-state index contributed by atoms with van der Waals surface area (Å²) < 4.78 is 2.07. The molecular formula is C16H18N4OS2. The van der Waals surface area contributed by atoms with Crippen LogP contribution in [0.2, 0.25) is 0 Å². The van der Waals surface area contributed by atoms with Gasteiger partial charge in [0.1, 0.15) is 0 Å². The maximum atomic E-state index is 12.3. The Kier molecular flexibility index (Phi) is 4.68. The third-order valence-electron chi connectivity index (χ3n) is 3.64. The summed E-state index contributed by atoms with van der Waals surface area (Å²) in [6.07, 6.45) is 0. The first-order valence-corrected chi connectivity index (χ1v) is 9.04. The Morgan fingerprint density at radius 2 is 2.17 bits per heavy atom. The SMILES string of the molecule is Cc1n[nH]c(C)c1CNC(=O)C(C)Sc1nc2ccccc2s1. The van der Waals surface area contributed by atoms with E-state index in [4.69, 9.17) is 0 Å². The molecule has 0 spiro atoms. The van der Waals surface area contributed by atoms with Gasteiger partial charge in [-0.2, -0.15) is 5.10 Å². The predicted molar refractivity (Wildman–Crippen MR) is 94.8 cm³/mol. The fraction of sp³-hybridized carbons (Fsp3) is 0.312. The van der Waals surface area contributed by atoms with Crippen LogP contribution in [0.4, 0.5) is 0 Å². The molecule has 0 aliphatic rings. The van der Waals surface area contributed by atoms with Crippen molar-refractivity contribution in [2.24, 2.45) is 0 Å². The highest BCUT2D eigenvalue weighted by Gasteiger charge is 2.17. The van der Waals surface area contributed by atoms with Crippen molar-refractivity contribution in [2.45, 2.75) is 36.9 Å². The molecule has 0 saturated carbocycles. The lowest BCUT2D eigenvalue weighted by Crippen LogP contribution is -2.30. The number of hydrogen-bond donors (Lipinski definition) is 2. The Bertz CT molecular complexity index is 787. The number of amides is 1. The third-order valence-corrected chi connectivity index (χ3v) is 5.87. The van der Waals surface area contributed by atoms with Crippen LogP contribution in [0.1, 0.15) is 23.9 Å². The second-order valence-electron chi connectivity index (χ2n) is 5.34. The minimum Gasteiger partial charge on any atom is -0.351 e. The van der Waals surface area contributed by atoms with Crippen LogP contribution in [0.5, 0.6) is 0 Å². The number of H-pyrrole nitrogens is 1. The Balaban J connectivity index is 1.61. The highest BCUT2D eigenvalue weighted by Crippen LogP contribution is 2.31. The first-order chi connectivity index (χ1) is 11.0. The van der Waals surface area contributed by atoms with Gasteiger partial charge in [-0.05, 0) is 32.9 Å². The average Bonchev–Trinajstić information content (AvgIpc) is 3.08. The zero-order chi connectivity index (χ0) is 16.4. The van der Waals surface area contributed by atoms with Gasteiger partial charge in [0.15, 0.2) is 4.34 Å². The maximum absolute atomic E-state index is 12.3. The molecule has 1 aromatic carbocycles. The molecule has 5 nitrogen and oxygen atoms in total. The molecule has 3 rings (SSSR count). The zero-order valence-corrected chi connectivity index (χ0v) is 14.8. The normalized spacial score (nSPS) is 12.5. The second-order valence-corrected chi connectivity index (χ2v) is 7.96. The number of hydrogen-bond acceptors (Lipinski definition) is 5. The summed E-state index contributed by atoms with van der Waals surface area (Å²) in [5.74, 6) is 0.00857. The van der Waals surface area contributed by atoms with Gasteiger partial charge >= 0.3 is 0 Å². The van der Waals surface area contributed by atoms with E-state index < -0.39 is 0 Å². The van der Waals surface area contributed by atoms with E-state index in [2.05, 4.69) is 20.5 Å². The van der Waals surface area contributed by atoms with Crippen molar-refractivity contribution < 1.29 is 4.79 Å². The lowest BCUT2D eigenvalue weighted by atomic mass is 10.2. The summed E-state index contributed by atoms with van der Waals surface area (Å²) >= 11 is 3.12. The van der Waals surface area contributed by atoms with Crippen LogP contribution in [-0.4, -0.2) is 26.3 Å². The summed E-state index contributed by atoms with van der Waals surface area (Å²) in [5, 5.41) is 9.86. The highest BCUT2D eigenvalue weighted by atomic mass is 32.2. The molecule has 1 amide bonds. The van der Waals surface area contributed by atoms with Crippen LogP contribution < -0.4 is 5.32 Å². The maximum Gasteiger partial charge on any atom is 0.233 e. The average molecular weight is 346 g/mol. The van der Waals surface area contributed by atoms with Crippen molar-refractivity contribution in [1.82, 2.24) is 20.5 Å². The van der Waals surface area contributed by atoms with Crippen molar-refractivity contribution in [2.75, 3.05) is 0 Å². The molecule has 1 atom stereocenters. The van der Waals surface area contributed by atoms with Gasteiger partial charge in [0.2, 0.25) is 5.91 Å². The van der Waals surface area contributed by atoms with Crippen molar-refractivity contribution >= 4 is 39.2 Å². The highest BCUT2D eigenvalue weighted by molar-refractivity contribution is 8.02. The topological polar surface area (TPSA) is 70.7 Å². The first kappa shape index (κ1) is 16.0. The molecular weight excluding hydrogens is 328 g/mol. The first-order valence-electron chi connectivity index (χ1n) is 7.35. The van der Waals surface area contributed by atoms with Crippen LogP contribution in [0.3, 0.4) is 0 Å². The molecule has 0 radical (unpaired) electrons. The lowest BCUT2D eigenvalue weighted by molar-refractivity contribution is -0.120. The minimum atomic E-state index is -0.192. The molecule has 1 unspecified atom stereocenters. The lowest BCUT2D eigenvalue weighted by Gasteiger charge is -2.10. The van der Waals surface area contributed by atoms with Crippen LogP contribution in [0.15, 0.2) is 28.6 Å². The molecule has 7 heteroatoms. The number of aryl methyl sites for hydroxylation is 2. The number of nitrogens with one attached hydrogen (secondary N) is 2. The fourth-order valence-corrected chi connectivity index (χ4v) is 4.50. The Hall–Kier alpha value is -1.86. The number of carbonyl (C=O) groups excluding carboxylic acids is 1. The number of aromatic nitrogens is 3. The van der Waals surface area contributed by atoms with E-state index in [1.807, 2.05) is 45.0 Å². The molecule has 2 N–H and O–H groups in total. The number of rotatable bonds is 5. The molecule has 2 heterocycles. The van der Waals surface area contributed by atoms with E-state index in [9.17, 15) is 4.79 Å². The van der Waals surface area contributed by atoms with Crippen LogP contribution in [0, 0.1) is 13.8 Å². The van der Waals surface area contributed by atoms with Gasteiger partial charge in [-0.1, -0.05) is 23.9 Å². The van der Waals surface area contributed by atoms with Gasteiger partial charge in [0.25, 0.3) is 0 Å². The molecule has 0 fully saturated rings. The van der Waals surface area contributed by atoms with E-state index >= 15 is 0 Å². The summed E-state index contributed by atoms with van der Waals surface area (Å²) in [7, 11) is 0. The van der Waals surface area contributed by atoms with E-state index in [0.717, 1.165) is 31.5 Å². The number of thiazole rings is 1. The number of carbonyl (C=O) groups is 1. The van der Waals surface area contributed by atoms with Gasteiger partial charge in [0.05, 0.1) is 21.2 Å². The number of benzene rings is 1. The molecule has 0 aliphatic carbocycles. The number of para-hydroxylation sites is 1. The molecule has 0 aliphatic heterocycles. The van der Waals surface area contributed by atoms with E-state index in [1.165, 1.54) is 11.8 Å². The summed E-state index contributed by atoms with van der Waals surface area (Å²) in [6.45, 7) is 6.30. The Morgan fingerprint density at radius 1 is 1.39 bits per heavy atom. The van der Waals surface area contributed by atoms with Crippen molar-refractivity contribution in [3.63, 3.8) is 0 Å². The van der Waals surface area contributed by atoms with Gasteiger partial charge in [0, 0.05) is 17.8 Å². The summed E-state index contributed by atoms with van der Waals surface area (Å²) in [5.41, 5.74) is 3.95. The number of nitrogens with zero attached hydrogens (tertiary/aromatic N) is 2. The third kappa shape index (κ3) is 3.56. The molecule has 3 aromatic rings. The van der Waals surface area contributed by atoms with Gasteiger partial charge in [-0.25, -0.2) is 4.98 Å². The number of aromatic amines is 1. The molecule has 0 saturated heterocycles. The number of fused-ring (bicyclic) bond motifs is 1. The number of thioether (sulfide) groups is 1. The monoisotopic (exact) mass is 346 g/mol. The zero-order valence-electron chi connectivity index (χ0n) is 13.2. The van der Waals surface area contributed by atoms with E-state index in [0.29, 0.717) is 6.54 Å². The van der Waals surface area contributed by atoms with E-state index in [-0.39, 0.29) is 11.2 Å². The Labute approximate surface area is 142 Å². The van der Waals surface area contributed by atoms with Crippen LogP contribution in [-0.2, 0) is 11.3 Å². The standard InChI is InChI=1S/C16H18N4OS2/c1-9-12(10(2)20-19-9)8-17-15(21)11(3)22-16-18-13-6-4-5-7-14(13)23-16/h4-7,11H,8H2,1-3H3,(H,17,21)(H,19,20). The van der Waals surface area contributed by atoms with Crippen molar-refractivity contribution in [1.29, 1.82) is 0 Å². The molecule has 2 aromatic heterocycles. The smallest absolute Gasteiger partial charge is 0.233 e. The molecule has 23 heavy (non-hydrogen) atoms. The van der Waals surface area contributed by atoms with E-state index in [1.54, 1.807) is 11.3 Å². The van der Waals surface area contributed by atoms with Crippen LogP contribution >= 0.6 is 23.1 Å².